The molecule has 0 saturated heterocycles. The molecular formula is C22H17N3O6. The normalized spacial score (nSPS) is 11.5. The molecule has 3 aromatic carbocycles. The monoisotopic (exact) mass is 419 g/mol. The highest BCUT2D eigenvalue weighted by molar-refractivity contribution is 5.99. The van der Waals surface area contributed by atoms with Crippen molar-refractivity contribution in [2.24, 2.45) is 5.73 Å². The summed E-state index contributed by atoms with van der Waals surface area (Å²) in [5.41, 5.74) is 10.9. The number of rotatable bonds is 5. The summed E-state index contributed by atoms with van der Waals surface area (Å²) in [6.45, 7) is 0.107. The molecule has 4 N–H and O–H groups in total. The molecule has 0 aromatic heterocycles. The van der Waals surface area contributed by atoms with Gasteiger partial charge in [-0.2, -0.15) is 0 Å². The van der Waals surface area contributed by atoms with Crippen LogP contribution in [0.25, 0.3) is 0 Å². The minimum absolute atomic E-state index is 0.107. The number of benzene rings is 3. The van der Waals surface area contributed by atoms with E-state index in [9.17, 15) is 14.4 Å². The van der Waals surface area contributed by atoms with Crippen LogP contribution in [0, 0.1) is 0 Å². The van der Waals surface area contributed by atoms with Gasteiger partial charge in [0.2, 0.25) is 12.7 Å². The molecule has 4 rings (SSSR count). The quantitative estimate of drug-likeness (QED) is 0.545. The average molecular weight is 419 g/mol. The van der Waals surface area contributed by atoms with Crippen LogP contribution >= 0.6 is 0 Å². The summed E-state index contributed by atoms with van der Waals surface area (Å²) in [4.78, 5) is 35.6. The highest BCUT2D eigenvalue weighted by atomic mass is 16.7. The number of nitrogens with one attached hydrogen (secondary N) is 2. The zero-order valence-corrected chi connectivity index (χ0v) is 16.1. The lowest BCUT2D eigenvalue weighted by Crippen LogP contribution is -2.41. The number of carbonyl (C=O) groups excluding carboxylic acids is 3. The number of hydrazine groups is 1. The highest BCUT2D eigenvalue weighted by Gasteiger charge is 2.16. The summed E-state index contributed by atoms with van der Waals surface area (Å²) in [7, 11) is 0. The molecule has 0 bridgehead atoms. The number of carbonyl (C=O) groups is 3. The lowest BCUT2D eigenvalue weighted by Gasteiger charge is -2.09. The van der Waals surface area contributed by atoms with E-state index in [1.54, 1.807) is 60.7 Å². The zero-order chi connectivity index (χ0) is 21.8. The van der Waals surface area contributed by atoms with E-state index in [0.717, 1.165) is 0 Å². The predicted molar refractivity (Wildman–Crippen MR) is 109 cm³/mol. The van der Waals surface area contributed by atoms with Crippen LogP contribution in [-0.4, -0.2) is 24.5 Å². The van der Waals surface area contributed by atoms with Crippen molar-refractivity contribution in [3.05, 3.63) is 83.4 Å². The predicted octanol–water partition coefficient (Wildman–Crippen LogP) is 2.38. The maximum absolute atomic E-state index is 12.3. The molecule has 0 atom stereocenters. The fourth-order valence-corrected chi connectivity index (χ4v) is 2.79. The number of nitrogens with two attached hydrogens (primary N) is 1. The number of primary amides is 1. The fraction of sp³-hybridized carbons (Fsp3) is 0.0455. The SMILES string of the molecule is NC(=O)c1ccc(Oc2ccc(C(=O)NNC(=O)c3ccc4c(c3)OCO4)cc2)cc1. The zero-order valence-electron chi connectivity index (χ0n) is 16.1. The molecule has 3 aromatic rings. The second kappa shape index (κ2) is 8.46. The molecule has 0 saturated carbocycles. The van der Waals surface area contributed by atoms with Gasteiger partial charge in [0.05, 0.1) is 0 Å². The molecule has 9 nitrogen and oxygen atoms in total. The number of hydrogen-bond donors (Lipinski definition) is 3. The highest BCUT2D eigenvalue weighted by Crippen LogP contribution is 2.32. The molecule has 0 unspecified atom stereocenters. The van der Waals surface area contributed by atoms with Gasteiger partial charge < -0.3 is 19.9 Å². The number of fused-ring (bicyclic) bond motifs is 1. The molecule has 0 aliphatic carbocycles. The lowest BCUT2D eigenvalue weighted by molar-refractivity contribution is 0.0846. The molecular weight excluding hydrogens is 402 g/mol. The first-order valence-corrected chi connectivity index (χ1v) is 9.18. The number of hydrogen-bond acceptors (Lipinski definition) is 6. The van der Waals surface area contributed by atoms with E-state index in [2.05, 4.69) is 10.9 Å². The van der Waals surface area contributed by atoms with E-state index in [0.29, 0.717) is 39.7 Å². The molecule has 0 spiro atoms. The van der Waals surface area contributed by atoms with E-state index in [1.165, 1.54) is 6.07 Å². The Morgan fingerprint density at radius 2 is 1.23 bits per heavy atom. The minimum Gasteiger partial charge on any atom is -0.457 e. The summed E-state index contributed by atoms with van der Waals surface area (Å²) in [5.74, 6) is 0.529. The average Bonchev–Trinajstić information content (AvgIpc) is 3.26. The van der Waals surface area contributed by atoms with Crippen molar-refractivity contribution in [3.8, 4) is 23.0 Å². The molecule has 9 heteroatoms. The van der Waals surface area contributed by atoms with Gasteiger partial charge in [0.25, 0.3) is 11.8 Å². The third-order valence-electron chi connectivity index (χ3n) is 4.42. The maximum Gasteiger partial charge on any atom is 0.269 e. The Bertz CT molecular complexity index is 1140. The molecule has 31 heavy (non-hydrogen) atoms. The lowest BCUT2D eigenvalue weighted by atomic mass is 10.2. The van der Waals surface area contributed by atoms with Gasteiger partial charge in [-0.05, 0) is 66.7 Å². The Labute approximate surface area is 176 Å². The largest absolute Gasteiger partial charge is 0.457 e. The fourth-order valence-electron chi connectivity index (χ4n) is 2.79. The van der Waals surface area contributed by atoms with Crippen LogP contribution in [-0.2, 0) is 0 Å². The smallest absolute Gasteiger partial charge is 0.269 e. The Kier molecular flexibility index (Phi) is 5.39. The van der Waals surface area contributed by atoms with Gasteiger partial charge in [-0.3, -0.25) is 25.2 Å². The van der Waals surface area contributed by atoms with Crippen molar-refractivity contribution in [3.63, 3.8) is 0 Å². The number of amides is 3. The van der Waals surface area contributed by atoms with Crippen LogP contribution < -0.4 is 30.8 Å². The van der Waals surface area contributed by atoms with Crippen molar-refractivity contribution in [2.45, 2.75) is 0 Å². The standard InChI is InChI=1S/C22H17N3O6/c23-20(26)13-1-6-16(7-2-13)31-17-8-3-14(4-9-17)21(27)24-25-22(28)15-5-10-18-19(11-15)30-12-29-18/h1-11H,12H2,(H2,23,26)(H,24,27)(H,25,28). The van der Waals surface area contributed by atoms with Crippen LogP contribution in [0.2, 0.25) is 0 Å². The molecule has 0 fully saturated rings. The summed E-state index contributed by atoms with van der Waals surface area (Å²) in [6, 6.07) is 17.4. The summed E-state index contributed by atoms with van der Waals surface area (Å²) in [5, 5.41) is 0. The van der Waals surface area contributed by atoms with E-state index in [1.807, 2.05) is 0 Å². The van der Waals surface area contributed by atoms with Gasteiger partial charge in [0, 0.05) is 16.7 Å². The van der Waals surface area contributed by atoms with Crippen LogP contribution in [0.4, 0.5) is 0 Å². The molecule has 0 radical (unpaired) electrons. The Morgan fingerprint density at radius 1 is 0.710 bits per heavy atom. The Morgan fingerprint density at radius 3 is 1.84 bits per heavy atom. The minimum atomic E-state index is -0.521. The third-order valence-corrected chi connectivity index (χ3v) is 4.42. The van der Waals surface area contributed by atoms with Crippen LogP contribution in [0.3, 0.4) is 0 Å². The van der Waals surface area contributed by atoms with Crippen molar-refractivity contribution < 1.29 is 28.6 Å². The van der Waals surface area contributed by atoms with Gasteiger partial charge in [-0.15, -0.1) is 0 Å². The third kappa shape index (κ3) is 4.56. The Hall–Kier alpha value is -4.53. The summed E-state index contributed by atoms with van der Waals surface area (Å²) >= 11 is 0. The summed E-state index contributed by atoms with van der Waals surface area (Å²) in [6.07, 6.45) is 0. The van der Waals surface area contributed by atoms with Gasteiger partial charge in [-0.1, -0.05) is 0 Å². The van der Waals surface area contributed by atoms with Crippen molar-refractivity contribution >= 4 is 17.7 Å². The van der Waals surface area contributed by atoms with Gasteiger partial charge in [0.1, 0.15) is 11.5 Å². The van der Waals surface area contributed by atoms with E-state index >= 15 is 0 Å². The summed E-state index contributed by atoms with van der Waals surface area (Å²) < 4.78 is 16.1. The van der Waals surface area contributed by atoms with Crippen molar-refractivity contribution in [2.75, 3.05) is 6.79 Å². The van der Waals surface area contributed by atoms with Crippen LogP contribution in [0.1, 0.15) is 31.1 Å². The van der Waals surface area contributed by atoms with E-state index in [4.69, 9.17) is 19.9 Å². The Balaban J connectivity index is 1.32. The van der Waals surface area contributed by atoms with E-state index < -0.39 is 17.7 Å². The second-order valence-electron chi connectivity index (χ2n) is 6.49. The number of ether oxygens (including phenoxy) is 3. The van der Waals surface area contributed by atoms with Crippen LogP contribution in [0.5, 0.6) is 23.0 Å². The molecule has 1 aliphatic rings. The van der Waals surface area contributed by atoms with Gasteiger partial charge in [-0.25, -0.2) is 0 Å². The van der Waals surface area contributed by atoms with Crippen LogP contribution in [0.15, 0.2) is 66.7 Å². The first-order valence-electron chi connectivity index (χ1n) is 9.18. The molecule has 156 valence electrons. The molecule has 1 aliphatic heterocycles. The molecule has 3 amide bonds. The maximum atomic E-state index is 12.3. The van der Waals surface area contributed by atoms with Crippen molar-refractivity contribution in [1.29, 1.82) is 0 Å². The first kappa shape index (κ1) is 19.8. The topological polar surface area (TPSA) is 129 Å². The molecule has 1 heterocycles. The van der Waals surface area contributed by atoms with E-state index in [-0.39, 0.29) is 6.79 Å². The van der Waals surface area contributed by atoms with Crippen molar-refractivity contribution in [1.82, 2.24) is 10.9 Å². The first-order chi connectivity index (χ1) is 15.0. The van der Waals surface area contributed by atoms with Gasteiger partial charge in [0.15, 0.2) is 11.5 Å². The second-order valence-corrected chi connectivity index (χ2v) is 6.49. The van der Waals surface area contributed by atoms with Gasteiger partial charge >= 0.3 is 0 Å².